The van der Waals surface area contributed by atoms with Crippen LogP contribution in [0.15, 0.2) is 18.2 Å². The van der Waals surface area contributed by atoms with Gasteiger partial charge in [-0.25, -0.2) is 9.18 Å². The van der Waals surface area contributed by atoms with Crippen LogP contribution in [0.2, 0.25) is 0 Å². The fraction of sp³-hybridized carbons (Fsp3) is 0.364. The fourth-order valence-electron chi connectivity index (χ4n) is 1.27. The van der Waals surface area contributed by atoms with E-state index in [4.69, 9.17) is 5.11 Å². The molecule has 0 atom stereocenters. The highest BCUT2D eigenvalue weighted by atomic mass is 19.1. The number of halogens is 1. The summed E-state index contributed by atoms with van der Waals surface area (Å²) in [5, 5.41) is 8.93. The van der Waals surface area contributed by atoms with E-state index in [9.17, 15) is 9.18 Å². The maximum Gasteiger partial charge on any atom is 0.337 e. The van der Waals surface area contributed by atoms with Gasteiger partial charge in [0.1, 0.15) is 5.82 Å². The molecule has 0 radical (unpaired) electrons. The first-order valence-electron chi connectivity index (χ1n) is 4.69. The predicted molar refractivity (Wildman–Crippen MR) is 56.9 cm³/mol. The molecule has 1 aromatic carbocycles. The lowest BCUT2D eigenvalue weighted by molar-refractivity contribution is 0.0697. The van der Waals surface area contributed by atoms with Crippen LogP contribution in [0.1, 0.15) is 24.2 Å². The van der Waals surface area contributed by atoms with Crippen LogP contribution in [-0.4, -0.2) is 24.2 Å². The molecule has 0 aliphatic carbocycles. The van der Waals surface area contributed by atoms with Gasteiger partial charge in [-0.1, -0.05) is 0 Å². The van der Waals surface area contributed by atoms with Gasteiger partial charge < -0.3 is 10.0 Å². The Morgan fingerprint density at radius 1 is 1.47 bits per heavy atom. The van der Waals surface area contributed by atoms with E-state index in [-0.39, 0.29) is 11.6 Å². The van der Waals surface area contributed by atoms with Crippen molar-refractivity contribution in [2.24, 2.45) is 0 Å². The highest BCUT2D eigenvalue weighted by Crippen LogP contribution is 2.22. The van der Waals surface area contributed by atoms with Crippen LogP contribution >= 0.6 is 0 Å². The Bertz CT molecular complexity index is 377. The summed E-state index contributed by atoms with van der Waals surface area (Å²) in [6.07, 6.45) is 0. The molecule has 1 N–H and O–H groups in total. The molecule has 0 fully saturated rings. The molecule has 4 heteroatoms. The smallest absolute Gasteiger partial charge is 0.337 e. The van der Waals surface area contributed by atoms with Gasteiger partial charge in [0.25, 0.3) is 0 Å². The lowest BCUT2D eigenvalue weighted by atomic mass is 10.1. The molecule has 0 aliphatic heterocycles. The summed E-state index contributed by atoms with van der Waals surface area (Å²) in [5.74, 6) is -1.65. The Morgan fingerprint density at radius 2 is 2.07 bits per heavy atom. The molecule has 1 aromatic rings. The molecular formula is C11H14FNO2. The van der Waals surface area contributed by atoms with Crippen molar-refractivity contribution in [3.8, 4) is 0 Å². The summed E-state index contributed by atoms with van der Waals surface area (Å²) in [6.45, 7) is 3.88. The summed E-state index contributed by atoms with van der Waals surface area (Å²) in [7, 11) is 1.78. The van der Waals surface area contributed by atoms with Crippen molar-refractivity contribution < 1.29 is 14.3 Å². The van der Waals surface area contributed by atoms with E-state index in [0.29, 0.717) is 5.69 Å². The second kappa shape index (κ2) is 4.29. The highest BCUT2D eigenvalue weighted by molar-refractivity contribution is 5.94. The van der Waals surface area contributed by atoms with E-state index >= 15 is 0 Å². The Morgan fingerprint density at radius 3 is 2.53 bits per heavy atom. The molecule has 15 heavy (non-hydrogen) atoms. The lowest BCUT2D eigenvalue weighted by Gasteiger charge is -2.25. The minimum absolute atomic E-state index is 0.00815. The lowest BCUT2D eigenvalue weighted by Crippen LogP contribution is -2.27. The van der Waals surface area contributed by atoms with Crippen LogP contribution in [0.25, 0.3) is 0 Å². The topological polar surface area (TPSA) is 40.5 Å². The normalized spacial score (nSPS) is 10.5. The quantitative estimate of drug-likeness (QED) is 0.834. The first-order chi connectivity index (χ1) is 6.93. The van der Waals surface area contributed by atoms with Crippen molar-refractivity contribution in [3.05, 3.63) is 29.6 Å². The predicted octanol–water partition coefficient (Wildman–Crippen LogP) is 2.37. The van der Waals surface area contributed by atoms with Crippen LogP contribution < -0.4 is 4.90 Å². The van der Waals surface area contributed by atoms with Crippen LogP contribution in [0.4, 0.5) is 10.1 Å². The number of rotatable bonds is 3. The van der Waals surface area contributed by atoms with Crippen molar-refractivity contribution in [3.63, 3.8) is 0 Å². The standard InChI is InChI=1S/C11H14FNO2/c1-7(2)13(3)10-5-4-8(12)6-9(10)11(14)15/h4-7H,1-3H3,(H,14,15). The summed E-state index contributed by atoms with van der Waals surface area (Å²) >= 11 is 0. The van der Waals surface area contributed by atoms with Gasteiger partial charge >= 0.3 is 5.97 Å². The highest BCUT2D eigenvalue weighted by Gasteiger charge is 2.15. The number of carbonyl (C=O) groups is 1. The van der Waals surface area contributed by atoms with Gasteiger partial charge in [0.15, 0.2) is 0 Å². The first kappa shape index (κ1) is 11.5. The molecule has 3 nitrogen and oxygen atoms in total. The molecule has 0 saturated heterocycles. The van der Waals surface area contributed by atoms with Crippen LogP contribution in [0.5, 0.6) is 0 Å². The zero-order valence-electron chi connectivity index (χ0n) is 8.99. The van der Waals surface area contributed by atoms with Crippen molar-refractivity contribution in [2.75, 3.05) is 11.9 Å². The van der Waals surface area contributed by atoms with Gasteiger partial charge in [-0.05, 0) is 32.0 Å². The Hall–Kier alpha value is -1.58. The van der Waals surface area contributed by atoms with E-state index < -0.39 is 11.8 Å². The number of hydrogen-bond donors (Lipinski definition) is 1. The Balaban J connectivity index is 3.22. The van der Waals surface area contributed by atoms with E-state index in [2.05, 4.69) is 0 Å². The Kier molecular flexibility index (Phi) is 3.29. The average molecular weight is 211 g/mol. The van der Waals surface area contributed by atoms with Gasteiger partial charge in [0.05, 0.1) is 11.3 Å². The largest absolute Gasteiger partial charge is 0.478 e. The molecule has 0 bridgehead atoms. The summed E-state index contributed by atoms with van der Waals surface area (Å²) in [4.78, 5) is 12.7. The molecule has 0 heterocycles. The zero-order chi connectivity index (χ0) is 11.6. The molecule has 0 unspecified atom stereocenters. The van der Waals surface area contributed by atoms with E-state index in [1.807, 2.05) is 13.8 Å². The number of anilines is 1. The molecule has 0 aliphatic rings. The maximum absolute atomic E-state index is 12.9. The number of carboxylic acid groups (broad SMARTS) is 1. The molecule has 0 saturated carbocycles. The third-order valence-electron chi connectivity index (χ3n) is 2.34. The molecule has 1 rings (SSSR count). The number of hydrogen-bond acceptors (Lipinski definition) is 2. The third kappa shape index (κ3) is 2.46. The molecule has 82 valence electrons. The minimum atomic E-state index is -1.11. The zero-order valence-corrected chi connectivity index (χ0v) is 8.99. The molecule has 0 spiro atoms. The Labute approximate surface area is 88.1 Å². The maximum atomic E-state index is 12.9. The number of benzene rings is 1. The first-order valence-corrected chi connectivity index (χ1v) is 4.69. The summed E-state index contributed by atoms with van der Waals surface area (Å²) in [5.41, 5.74) is 0.519. The van der Waals surface area contributed by atoms with Crippen LogP contribution in [-0.2, 0) is 0 Å². The molecule has 0 aromatic heterocycles. The van der Waals surface area contributed by atoms with Crippen LogP contribution in [0, 0.1) is 5.82 Å². The summed E-state index contributed by atoms with van der Waals surface area (Å²) < 4.78 is 12.9. The number of carboxylic acids is 1. The number of nitrogens with zero attached hydrogens (tertiary/aromatic N) is 1. The molecule has 0 amide bonds. The van der Waals surface area contributed by atoms with Gasteiger partial charge in [-0.15, -0.1) is 0 Å². The van der Waals surface area contributed by atoms with Gasteiger partial charge in [-0.2, -0.15) is 0 Å². The van der Waals surface area contributed by atoms with E-state index in [0.717, 1.165) is 6.07 Å². The monoisotopic (exact) mass is 211 g/mol. The second-order valence-corrected chi connectivity index (χ2v) is 3.67. The van der Waals surface area contributed by atoms with Crippen molar-refractivity contribution >= 4 is 11.7 Å². The number of aromatic carboxylic acids is 1. The second-order valence-electron chi connectivity index (χ2n) is 3.67. The van der Waals surface area contributed by atoms with Crippen molar-refractivity contribution in [1.29, 1.82) is 0 Å². The van der Waals surface area contributed by atoms with E-state index in [1.165, 1.54) is 12.1 Å². The SMILES string of the molecule is CC(C)N(C)c1ccc(F)cc1C(=O)O. The van der Waals surface area contributed by atoms with Gasteiger partial charge in [0, 0.05) is 13.1 Å². The van der Waals surface area contributed by atoms with Gasteiger partial charge in [-0.3, -0.25) is 0 Å². The summed E-state index contributed by atoms with van der Waals surface area (Å²) in [6, 6.07) is 3.95. The van der Waals surface area contributed by atoms with E-state index in [1.54, 1.807) is 11.9 Å². The average Bonchev–Trinajstić information content (AvgIpc) is 2.16. The minimum Gasteiger partial charge on any atom is -0.478 e. The molecular weight excluding hydrogens is 197 g/mol. The van der Waals surface area contributed by atoms with Crippen molar-refractivity contribution in [1.82, 2.24) is 0 Å². The fourth-order valence-corrected chi connectivity index (χ4v) is 1.27. The third-order valence-corrected chi connectivity index (χ3v) is 2.34. The van der Waals surface area contributed by atoms with Crippen LogP contribution in [0.3, 0.4) is 0 Å². The van der Waals surface area contributed by atoms with Crippen molar-refractivity contribution in [2.45, 2.75) is 19.9 Å². The van der Waals surface area contributed by atoms with Gasteiger partial charge in [0.2, 0.25) is 0 Å².